The third-order valence-electron chi connectivity index (χ3n) is 7.10. The highest BCUT2D eigenvalue weighted by atomic mass is 16.5. The van der Waals surface area contributed by atoms with Crippen LogP contribution >= 0.6 is 0 Å². The molecule has 198 valence electrons. The lowest BCUT2D eigenvalue weighted by Crippen LogP contribution is -2.01. The van der Waals surface area contributed by atoms with Gasteiger partial charge in [-0.2, -0.15) is 0 Å². The Kier molecular flexibility index (Phi) is 22.9. The fraction of sp³-hybridized carbons (Fsp3) is 0.812. The van der Waals surface area contributed by atoms with Crippen LogP contribution in [0.1, 0.15) is 154 Å². The van der Waals surface area contributed by atoms with Crippen LogP contribution in [-0.2, 0) is 6.42 Å². The molecule has 1 aromatic carbocycles. The van der Waals surface area contributed by atoms with Gasteiger partial charge in [0.25, 0.3) is 0 Å². The van der Waals surface area contributed by atoms with Crippen LogP contribution in [0.4, 0.5) is 0 Å². The molecule has 0 unspecified atom stereocenters. The van der Waals surface area contributed by atoms with Crippen molar-refractivity contribution in [3.8, 4) is 5.75 Å². The van der Waals surface area contributed by atoms with Gasteiger partial charge in [-0.3, -0.25) is 0 Å². The number of hydrogen-bond donors (Lipinski definition) is 1. The first-order valence-corrected chi connectivity index (χ1v) is 15.2. The van der Waals surface area contributed by atoms with Gasteiger partial charge in [-0.25, -0.2) is 0 Å². The van der Waals surface area contributed by atoms with Crippen molar-refractivity contribution in [2.75, 3.05) is 13.2 Å². The molecular formula is C32H58O2. The summed E-state index contributed by atoms with van der Waals surface area (Å²) in [4.78, 5) is 0. The summed E-state index contributed by atoms with van der Waals surface area (Å²) in [5.41, 5.74) is 1.39. The molecule has 34 heavy (non-hydrogen) atoms. The average molecular weight is 475 g/mol. The summed E-state index contributed by atoms with van der Waals surface area (Å²) in [5, 5.41) is 8.80. The molecule has 0 radical (unpaired) electrons. The first kappa shape index (κ1) is 31.0. The number of ether oxygens (including phenoxy) is 1. The quantitative estimate of drug-likeness (QED) is 0.135. The van der Waals surface area contributed by atoms with Crippen molar-refractivity contribution in [3.05, 3.63) is 29.8 Å². The Morgan fingerprint density at radius 1 is 0.500 bits per heavy atom. The third-order valence-corrected chi connectivity index (χ3v) is 7.10. The molecule has 0 amide bonds. The fourth-order valence-electron chi connectivity index (χ4n) is 4.85. The summed E-state index contributed by atoms with van der Waals surface area (Å²) in [6.07, 6.45) is 32.8. The van der Waals surface area contributed by atoms with Gasteiger partial charge in [0.2, 0.25) is 0 Å². The molecule has 0 bridgehead atoms. The third kappa shape index (κ3) is 20.4. The predicted molar refractivity (Wildman–Crippen MR) is 150 cm³/mol. The molecule has 0 saturated carbocycles. The van der Waals surface area contributed by atoms with Crippen LogP contribution in [0.5, 0.6) is 5.75 Å². The standard InChI is InChI=1S/C32H58O2/c1-2-3-4-5-6-7-8-9-10-11-12-13-14-15-16-17-18-19-20-21-22-23-24-31-25-27-32(28-26-31)34-30-29-33/h25-28,33H,2-24,29-30H2,1H3. The van der Waals surface area contributed by atoms with Gasteiger partial charge in [-0.05, 0) is 30.5 Å². The summed E-state index contributed by atoms with van der Waals surface area (Å²) in [6, 6.07) is 8.35. The summed E-state index contributed by atoms with van der Waals surface area (Å²) < 4.78 is 5.41. The van der Waals surface area contributed by atoms with E-state index in [2.05, 4.69) is 19.1 Å². The number of hydrogen-bond acceptors (Lipinski definition) is 2. The molecule has 0 atom stereocenters. The average Bonchev–Trinajstić information content (AvgIpc) is 2.86. The lowest BCUT2D eigenvalue weighted by molar-refractivity contribution is 0.201. The van der Waals surface area contributed by atoms with Crippen molar-refractivity contribution < 1.29 is 9.84 Å². The van der Waals surface area contributed by atoms with Crippen molar-refractivity contribution in [3.63, 3.8) is 0 Å². The number of aliphatic hydroxyl groups is 1. The topological polar surface area (TPSA) is 29.5 Å². The molecule has 0 aromatic heterocycles. The normalized spacial score (nSPS) is 11.2. The first-order chi connectivity index (χ1) is 16.9. The molecule has 0 aliphatic heterocycles. The van der Waals surface area contributed by atoms with E-state index >= 15 is 0 Å². The SMILES string of the molecule is CCCCCCCCCCCCCCCCCCCCCCCCc1ccc(OCCO)cc1. The van der Waals surface area contributed by atoms with Crippen molar-refractivity contribution >= 4 is 0 Å². The number of aliphatic hydroxyl groups excluding tert-OH is 1. The summed E-state index contributed by atoms with van der Waals surface area (Å²) >= 11 is 0. The molecule has 1 N–H and O–H groups in total. The van der Waals surface area contributed by atoms with Crippen LogP contribution in [0.25, 0.3) is 0 Å². The van der Waals surface area contributed by atoms with E-state index in [9.17, 15) is 0 Å². The van der Waals surface area contributed by atoms with Crippen LogP contribution in [0, 0.1) is 0 Å². The molecule has 0 saturated heterocycles. The highest BCUT2D eigenvalue weighted by molar-refractivity contribution is 5.27. The van der Waals surface area contributed by atoms with Gasteiger partial charge < -0.3 is 9.84 Å². The van der Waals surface area contributed by atoms with Crippen LogP contribution in [-0.4, -0.2) is 18.3 Å². The largest absolute Gasteiger partial charge is 0.491 e. The fourth-order valence-corrected chi connectivity index (χ4v) is 4.85. The zero-order valence-electron chi connectivity index (χ0n) is 22.8. The van der Waals surface area contributed by atoms with E-state index in [0.29, 0.717) is 6.61 Å². The van der Waals surface area contributed by atoms with E-state index in [4.69, 9.17) is 9.84 Å². The van der Waals surface area contributed by atoms with Crippen LogP contribution in [0.3, 0.4) is 0 Å². The molecule has 0 aliphatic carbocycles. The lowest BCUT2D eigenvalue weighted by Gasteiger charge is -2.06. The van der Waals surface area contributed by atoms with E-state index in [1.54, 1.807) is 0 Å². The molecule has 0 spiro atoms. The Morgan fingerprint density at radius 3 is 1.21 bits per heavy atom. The molecule has 1 rings (SSSR count). The molecule has 1 aromatic rings. The van der Waals surface area contributed by atoms with Crippen LogP contribution in [0.2, 0.25) is 0 Å². The second-order valence-electron chi connectivity index (χ2n) is 10.4. The van der Waals surface area contributed by atoms with Gasteiger partial charge in [0.15, 0.2) is 0 Å². The van der Waals surface area contributed by atoms with Gasteiger partial charge in [-0.15, -0.1) is 0 Å². The maximum absolute atomic E-state index is 8.80. The minimum atomic E-state index is 0.0707. The minimum Gasteiger partial charge on any atom is -0.491 e. The zero-order chi connectivity index (χ0) is 24.4. The Labute approximate surface area is 213 Å². The maximum Gasteiger partial charge on any atom is 0.119 e. The van der Waals surface area contributed by atoms with Crippen molar-refractivity contribution in [1.82, 2.24) is 0 Å². The second kappa shape index (κ2) is 25.1. The summed E-state index contributed by atoms with van der Waals surface area (Å²) in [6.45, 7) is 2.74. The van der Waals surface area contributed by atoms with Gasteiger partial charge in [-0.1, -0.05) is 154 Å². The molecule has 2 heteroatoms. The van der Waals surface area contributed by atoms with E-state index < -0.39 is 0 Å². The zero-order valence-corrected chi connectivity index (χ0v) is 22.8. The Morgan fingerprint density at radius 2 is 0.853 bits per heavy atom. The Bertz CT molecular complexity index is 510. The minimum absolute atomic E-state index is 0.0707. The smallest absolute Gasteiger partial charge is 0.119 e. The second-order valence-corrected chi connectivity index (χ2v) is 10.4. The van der Waals surface area contributed by atoms with E-state index in [-0.39, 0.29) is 6.61 Å². The highest BCUT2D eigenvalue weighted by Crippen LogP contribution is 2.17. The predicted octanol–water partition coefficient (Wildman–Crippen LogP) is 10.2. The number of unbranched alkanes of at least 4 members (excludes halogenated alkanes) is 21. The van der Waals surface area contributed by atoms with Crippen molar-refractivity contribution in [1.29, 1.82) is 0 Å². The Hall–Kier alpha value is -1.02. The molecule has 2 nitrogen and oxygen atoms in total. The maximum atomic E-state index is 8.80. The van der Waals surface area contributed by atoms with E-state index in [0.717, 1.165) is 5.75 Å². The van der Waals surface area contributed by atoms with Crippen LogP contribution in [0.15, 0.2) is 24.3 Å². The van der Waals surface area contributed by atoms with Gasteiger partial charge in [0, 0.05) is 0 Å². The summed E-state index contributed by atoms with van der Waals surface area (Å²) in [5.74, 6) is 0.854. The van der Waals surface area contributed by atoms with E-state index in [1.807, 2.05) is 12.1 Å². The van der Waals surface area contributed by atoms with Crippen LogP contribution < -0.4 is 4.74 Å². The molecule has 0 aliphatic rings. The summed E-state index contributed by atoms with van der Waals surface area (Å²) in [7, 11) is 0. The monoisotopic (exact) mass is 474 g/mol. The number of rotatable bonds is 26. The van der Waals surface area contributed by atoms with Gasteiger partial charge >= 0.3 is 0 Å². The number of benzene rings is 1. The van der Waals surface area contributed by atoms with E-state index in [1.165, 1.54) is 153 Å². The van der Waals surface area contributed by atoms with Gasteiger partial charge in [0.05, 0.1) is 6.61 Å². The Balaban J connectivity index is 1.73. The lowest BCUT2D eigenvalue weighted by atomic mass is 10.0. The van der Waals surface area contributed by atoms with Crippen molar-refractivity contribution in [2.24, 2.45) is 0 Å². The molecular weight excluding hydrogens is 416 g/mol. The van der Waals surface area contributed by atoms with Gasteiger partial charge in [0.1, 0.15) is 12.4 Å². The number of aryl methyl sites for hydroxylation is 1. The molecule has 0 heterocycles. The highest BCUT2D eigenvalue weighted by Gasteiger charge is 1.98. The first-order valence-electron chi connectivity index (χ1n) is 15.2. The van der Waals surface area contributed by atoms with Crippen molar-refractivity contribution in [2.45, 2.75) is 155 Å². The molecule has 0 fully saturated rings.